The molecule has 7 heteroatoms. The normalized spacial score (nSPS) is 19.3. The molecule has 1 fully saturated rings. The summed E-state index contributed by atoms with van der Waals surface area (Å²) in [7, 11) is 1.73. The molecule has 1 aliphatic heterocycles. The molecule has 2 rings (SSSR count). The zero-order valence-electron chi connectivity index (χ0n) is 12.3. The van der Waals surface area contributed by atoms with Crippen LogP contribution >= 0.6 is 0 Å². The predicted molar refractivity (Wildman–Crippen MR) is 76.0 cm³/mol. The lowest BCUT2D eigenvalue weighted by Gasteiger charge is -2.22. The lowest BCUT2D eigenvalue weighted by atomic mass is 10.1. The van der Waals surface area contributed by atoms with Gasteiger partial charge in [-0.2, -0.15) is 5.10 Å². The molecule has 1 aromatic rings. The molecule has 2 heterocycles. The molecule has 0 amide bonds. The van der Waals surface area contributed by atoms with Crippen molar-refractivity contribution in [1.82, 2.24) is 9.78 Å². The molecule has 0 aliphatic carbocycles. The van der Waals surface area contributed by atoms with Crippen molar-refractivity contribution in [1.29, 1.82) is 0 Å². The summed E-state index contributed by atoms with van der Waals surface area (Å²) in [5, 5.41) is 18.7. The molecule has 0 saturated carbocycles. The number of nitrogens with one attached hydrogen (secondary N) is 1. The highest BCUT2D eigenvalue weighted by Gasteiger charge is 2.28. The molecule has 1 saturated heterocycles. The molecule has 112 valence electrons. The number of hydrogen-bond acceptors (Lipinski definition) is 5. The van der Waals surface area contributed by atoms with Crippen LogP contribution in [0.1, 0.15) is 44.7 Å². The molecule has 0 bridgehead atoms. The first-order chi connectivity index (χ1) is 9.50. The van der Waals surface area contributed by atoms with E-state index in [1.165, 1.54) is 0 Å². The number of nitrogens with zero attached hydrogens (tertiary/aromatic N) is 3. The van der Waals surface area contributed by atoms with Gasteiger partial charge in [0.05, 0.1) is 11.0 Å². The van der Waals surface area contributed by atoms with E-state index in [1.807, 2.05) is 13.8 Å². The molecular formula is C13H22N4O3. The average Bonchev–Trinajstić information content (AvgIpc) is 2.75. The predicted octanol–water partition coefficient (Wildman–Crippen LogP) is 2.43. The topological polar surface area (TPSA) is 82.2 Å². The third kappa shape index (κ3) is 3.09. The smallest absolute Gasteiger partial charge is 0.334 e. The van der Waals surface area contributed by atoms with Gasteiger partial charge in [0.1, 0.15) is 5.69 Å². The highest BCUT2D eigenvalue weighted by molar-refractivity contribution is 5.60. The fraction of sp³-hybridized carbons (Fsp3) is 0.769. The van der Waals surface area contributed by atoms with Crippen LogP contribution < -0.4 is 5.32 Å². The van der Waals surface area contributed by atoms with Crippen LogP contribution in [0, 0.1) is 10.1 Å². The van der Waals surface area contributed by atoms with Crippen LogP contribution in [-0.4, -0.2) is 34.0 Å². The summed E-state index contributed by atoms with van der Waals surface area (Å²) >= 11 is 0. The summed E-state index contributed by atoms with van der Waals surface area (Å²) in [5.41, 5.74) is 0.600. The minimum atomic E-state index is -0.355. The maximum atomic E-state index is 11.3. The summed E-state index contributed by atoms with van der Waals surface area (Å²) < 4.78 is 7.18. The highest BCUT2D eigenvalue weighted by atomic mass is 16.6. The Bertz CT molecular complexity index is 478. The van der Waals surface area contributed by atoms with Crippen molar-refractivity contribution in [2.75, 3.05) is 18.5 Å². The molecule has 0 spiro atoms. The van der Waals surface area contributed by atoms with E-state index in [-0.39, 0.29) is 22.6 Å². The number of anilines is 1. The third-order valence-corrected chi connectivity index (χ3v) is 3.55. The zero-order valence-corrected chi connectivity index (χ0v) is 12.3. The maximum absolute atomic E-state index is 11.3. The van der Waals surface area contributed by atoms with E-state index in [9.17, 15) is 10.1 Å². The van der Waals surface area contributed by atoms with Crippen molar-refractivity contribution < 1.29 is 9.66 Å². The summed E-state index contributed by atoms with van der Waals surface area (Å²) in [5.74, 6) is 0.482. The second-order valence-electron chi connectivity index (χ2n) is 5.49. The van der Waals surface area contributed by atoms with Crippen LogP contribution in [0.25, 0.3) is 0 Å². The number of aromatic nitrogens is 2. The van der Waals surface area contributed by atoms with Gasteiger partial charge in [0.25, 0.3) is 0 Å². The van der Waals surface area contributed by atoms with Gasteiger partial charge in [0, 0.05) is 26.1 Å². The van der Waals surface area contributed by atoms with E-state index >= 15 is 0 Å². The van der Waals surface area contributed by atoms with Crippen molar-refractivity contribution >= 4 is 11.5 Å². The molecule has 0 radical (unpaired) electrons. The van der Waals surface area contributed by atoms with Crippen LogP contribution in [-0.2, 0) is 11.8 Å². The lowest BCUT2D eigenvalue weighted by Crippen LogP contribution is -2.27. The minimum absolute atomic E-state index is 0.0167. The van der Waals surface area contributed by atoms with Crippen molar-refractivity contribution in [3.8, 4) is 0 Å². The first-order valence-corrected chi connectivity index (χ1v) is 7.07. The largest absolute Gasteiger partial charge is 0.376 e. The molecule has 1 aromatic heterocycles. The Morgan fingerprint density at radius 3 is 2.85 bits per heavy atom. The van der Waals surface area contributed by atoms with Gasteiger partial charge in [-0.1, -0.05) is 13.8 Å². The second kappa shape index (κ2) is 6.21. The zero-order chi connectivity index (χ0) is 14.7. The Morgan fingerprint density at radius 2 is 2.30 bits per heavy atom. The van der Waals surface area contributed by atoms with Crippen molar-refractivity contribution in [2.45, 2.75) is 45.1 Å². The van der Waals surface area contributed by atoms with Gasteiger partial charge in [-0.25, -0.2) is 4.68 Å². The van der Waals surface area contributed by atoms with Crippen LogP contribution in [0.4, 0.5) is 11.5 Å². The van der Waals surface area contributed by atoms with Crippen molar-refractivity contribution in [3.05, 3.63) is 15.8 Å². The molecule has 1 unspecified atom stereocenters. The number of nitro groups is 1. The molecule has 20 heavy (non-hydrogen) atoms. The molecule has 1 aliphatic rings. The Balaban J connectivity index is 2.15. The highest BCUT2D eigenvalue weighted by Crippen LogP contribution is 2.32. The molecule has 1 N–H and O–H groups in total. The number of hydrogen-bond donors (Lipinski definition) is 1. The van der Waals surface area contributed by atoms with Gasteiger partial charge in [-0.05, 0) is 19.3 Å². The van der Waals surface area contributed by atoms with Crippen LogP contribution in [0.15, 0.2) is 0 Å². The maximum Gasteiger partial charge on any atom is 0.334 e. The SMILES string of the molecule is CC(C)c1nn(C)c(NCC2CCCCO2)c1[N+](=O)[O-]. The van der Waals surface area contributed by atoms with Crippen LogP contribution in [0.2, 0.25) is 0 Å². The average molecular weight is 282 g/mol. The second-order valence-corrected chi connectivity index (χ2v) is 5.49. The quantitative estimate of drug-likeness (QED) is 0.662. The minimum Gasteiger partial charge on any atom is -0.376 e. The van der Waals surface area contributed by atoms with Gasteiger partial charge >= 0.3 is 5.69 Å². The first-order valence-electron chi connectivity index (χ1n) is 7.07. The Kier molecular flexibility index (Phi) is 4.59. The third-order valence-electron chi connectivity index (χ3n) is 3.55. The van der Waals surface area contributed by atoms with E-state index in [0.29, 0.717) is 18.1 Å². The van der Waals surface area contributed by atoms with E-state index in [4.69, 9.17) is 4.74 Å². The van der Waals surface area contributed by atoms with Gasteiger partial charge in [0.2, 0.25) is 5.82 Å². The first kappa shape index (κ1) is 14.8. The van der Waals surface area contributed by atoms with Crippen LogP contribution in [0.5, 0.6) is 0 Å². The fourth-order valence-electron chi connectivity index (χ4n) is 2.48. The Morgan fingerprint density at radius 1 is 1.55 bits per heavy atom. The van der Waals surface area contributed by atoms with Gasteiger partial charge in [0.15, 0.2) is 0 Å². The van der Waals surface area contributed by atoms with E-state index < -0.39 is 0 Å². The van der Waals surface area contributed by atoms with E-state index in [0.717, 1.165) is 25.9 Å². The lowest BCUT2D eigenvalue weighted by molar-refractivity contribution is -0.384. The Labute approximate surface area is 118 Å². The van der Waals surface area contributed by atoms with E-state index in [1.54, 1.807) is 11.7 Å². The summed E-state index contributed by atoms with van der Waals surface area (Å²) in [6.07, 6.45) is 3.37. The van der Waals surface area contributed by atoms with Gasteiger partial charge in [-0.15, -0.1) is 0 Å². The van der Waals surface area contributed by atoms with E-state index in [2.05, 4.69) is 10.4 Å². The summed E-state index contributed by atoms with van der Waals surface area (Å²) in [6, 6.07) is 0. The van der Waals surface area contributed by atoms with Crippen molar-refractivity contribution in [3.63, 3.8) is 0 Å². The van der Waals surface area contributed by atoms with Gasteiger partial charge < -0.3 is 10.1 Å². The molecule has 1 atom stereocenters. The monoisotopic (exact) mass is 282 g/mol. The number of ether oxygens (including phenoxy) is 1. The molecular weight excluding hydrogens is 260 g/mol. The number of rotatable bonds is 5. The van der Waals surface area contributed by atoms with Gasteiger partial charge in [-0.3, -0.25) is 10.1 Å². The summed E-state index contributed by atoms with van der Waals surface area (Å²) in [6.45, 7) is 5.17. The van der Waals surface area contributed by atoms with Crippen LogP contribution in [0.3, 0.4) is 0 Å². The van der Waals surface area contributed by atoms with Crippen molar-refractivity contribution in [2.24, 2.45) is 7.05 Å². The molecule has 0 aromatic carbocycles. The molecule has 7 nitrogen and oxygen atoms in total. The standard InChI is InChI=1S/C13H22N4O3/c1-9(2)11-12(17(18)19)13(16(3)15-11)14-8-10-6-4-5-7-20-10/h9-10,14H,4-8H2,1-3H3. The Hall–Kier alpha value is -1.63. The fourth-order valence-corrected chi connectivity index (χ4v) is 2.48. The summed E-state index contributed by atoms with van der Waals surface area (Å²) in [4.78, 5) is 10.9. The number of aryl methyl sites for hydroxylation is 1.